The molecular formula is C19H23N3O3. The number of anilines is 1. The van der Waals surface area contributed by atoms with Gasteiger partial charge in [-0.25, -0.2) is 5.43 Å². The molecule has 6 nitrogen and oxygen atoms in total. The Morgan fingerprint density at radius 1 is 1.08 bits per heavy atom. The van der Waals surface area contributed by atoms with Crippen molar-refractivity contribution in [1.29, 1.82) is 0 Å². The number of benzene rings is 2. The van der Waals surface area contributed by atoms with Gasteiger partial charge in [0.05, 0.1) is 18.9 Å². The molecule has 0 heterocycles. The fourth-order valence-electron chi connectivity index (χ4n) is 2.15. The van der Waals surface area contributed by atoms with Crippen LogP contribution in [0.2, 0.25) is 0 Å². The molecule has 0 saturated carbocycles. The molecule has 3 N–H and O–H groups in total. The molecule has 132 valence electrons. The van der Waals surface area contributed by atoms with E-state index in [1.165, 1.54) is 7.11 Å². The molecule has 0 saturated heterocycles. The number of nitrogens with two attached hydrogens (primary N) is 1. The largest absolute Gasteiger partial charge is 0.493 e. The van der Waals surface area contributed by atoms with Crippen LogP contribution in [0.25, 0.3) is 0 Å². The number of methoxy groups -OCH3 is 1. The molecule has 25 heavy (non-hydrogen) atoms. The van der Waals surface area contributed by atoms with Crippen LogP contribution < -0.4 is 20.6 Å². The molecule has 0 aliphatic rings. The lowest BCUT2D eigenvalue weighted by Gasteiger charge is -2.14. The Kier molecular flexibility index (Phi) is 6.00. The topological polar surface area (TPSA) is 85.9 Å². The zero-order valence-corrected chi connectivity index (χ0v) is 14.9. The summed E-state index contributed by atoms with van der Waals surface area (Å²) in [5.74, 6) is 0.764. The number of rotatable bonds is 6. The van der Waals surface area contributed by atoms with Crippen LogP contribution in [0, 0.1) is 0 Å². The van der Waals surface area contributed by atoms with Crippen LogP contribution in [0.3, 0.4) is 0 Å². The molecule has 0 atom stereocenters. The van der Waals surface area contributed by atoms with E-state index in [-0.39, 0.29) is 12.0 Å². The Balaban J connectivity index is 2.12. The molecule has 6 heteroatoms. The van der Waals surface area contributed by atoms with Crippen molar-refractivity contribution in [3.63, 3.8) is 0 Å². The van der Waals surface area contributed by atoms with Crippen LogP contribution in [-0.2, 0) is 0 Å². The smallest absolute Gasteiger partial charge is 0.271 e. The molecule has 2 rings (SSSR count). The van der Waals surface area contributed by atoms with Gasteiger partial charge in [0.25, 0.3) is 5.91 Å². The second-order valence-electron chi connectivity index (χ2n) is 5.79. The summed E-state index contributed by atoms with van der Waals surface area (Å²) in [7, 11) is 1.54. The summed E-state index contributed by atoms with van der Waals surface area (Å²) in [4.78, 5) is 12.3. The van der Waals surface area contributed by atoms with E-state index in [0.29, 0.717) is 28.5 Å². The van der Waals surface area contributed by atoms with Gasteiger partial charge in [0.15, 0.2) is 11.5 Å². The highest BCUT2D eigenvalue weighted by molar-refractivity contribution is 6.01. The minimum absolute atomic E-state index is 0.0146. The van der Waals surface area contributed by atoms with Crippen LogP contribution in [-0.4, -0.2) is 24.8 Å². The number of nitrogens with zero attached hydrogens (tertiary/aromatic N) is 1. The molecule has 1 amide bonds. The first kappa shape index (κ1) is 18.3. The summed E-state index contributed by atoms with van der Waals surface area (Å²) in [6.45, 7) is 5.66. The molecule has 0 aromatic heterocycles. The highest BCUT2D eigenvalue weighted by atomic mass is 16.5. The normalized spacial score (nSPS) is 11.3. The number of carbonyl (C=O) groups excluding carboxylic acids is 1. The third kappa shape index (κ3) is 4.97. The third-order valence-electron chi connectivity index (χ3n) is 3.44. The SMILES string of the molecule is COc1cc(C(=O)N/N=C(/C)c2ccc(N)cc2)ccc1OC(C)C. The predicted octanol–water partition coefficient (Wildman–Crippen LogP) is 3.22. The van der Waals surface area contributed by atoms with Crippen molar-refractivity contribution in [1.82, 2.24) is 5.43 Å². The van der Waals surface area contributed by atoms with Crippen LogP contribution in [0.4, 0.5) is 5.69 Å². The van der Waals surface area contributed by atoms with E-state index >= 15 is 0 Å². The van der Waals surface area contributed by atoms with E-state index in [2.05, 4.69) is 10.5 Å². The van der Waals surface area contributed by atoms with Gasteiger partial charge in [0.2, 0.25) is 0 Å². The molecular weight excluding hydrogens is 318 g/mol. The molecule has 0 unspecified atom stereocenters. The fourth-order valence-corrected chi connectivity index (χ4v) is 2.15. The van der Waals surface area contributed by atoms with Gasteiger partial charge in [-0.05, 0) is 56.7 Å². The van der Waals surface area contributed by atoms with Gasteiger partial charge in [-0.15, -0.1) is 0 Å². The number of carbonyl (C=O) groups is 1. The van der Waals surface area contributed by atoms with Gasteiger partial charge in [0, 0.05) is 11.3 Å². The van der Waals surface area contributed by atoms with Gasteiger partial charge in [-0.3, -0.25) is 4.79 Å². The first-order valence-corrected chi connectivity index (χ1v) is 7.96. The summed E-state index contributed by atoms with van der Waals surface area (Å²) >= 11 is 0. The lowest BCUT2D eigenvalue weighted by Crippen LogP contribution is -2.19. The first-order chi connectivity index (χ1) is 11.9. The molecule has 2 aromatic carbocycles. The Bertz CT molecular complexity index is 768. The number of nitrogens with one attached hydrogen (secondary N) is 1. The molecule has 0 radical (unpaired) electrons. The van der Waals surface area contributed by atoms with Crippen molar-refractivity contribution >= 4 is 17.3 Å². The number of hydrogen-bond acceptors (Lipinski definition) is 5. The van der Waals surface area contributed by atoms with Crippen molar-refractivity contribution in [2.45, 2.75) is 26.9 Å². The monoisotopic (exact) mass is 341 g/mol. The Labute approximate surface area is 147 Å². The van der Waals surface area contributed by atoms with E-state index in [1.54, 1.807) is 30.3 Å². The van der Waals surface area contributed by atoms with E-state index < -0.39 is 0 Å². The van der Waals surface area contributed by atoms with E-state index in [4.69, 9.17) is 15.2 Å². The average molecular weight is 341 g/mol. The number of ether oxygens (including phenoxy) is 2. The van der Waals surface area contributed by atoms with Crippen molar-refractivity contribution in [3.05, 3.63) is 53.6 Å². The third-order valence-corrected chi connectivity index (χ3v) is 3.44. The molecule has 0 aliphatic carbocycles. The molecule has 0 spiro atoms. The van der Waals surface area contributed by atoms with E-state index in [0.717, 1.165) is 5.56 Å². The highest BCUT2D eigenvalue weighted by Gasteiger charge is 2.12. The molecule has 0 bridgehead atoms. The summed E-state index contributed by atoms with van der Waals surface area (Å²) in [6.07, 6.45) is 0.0146. The number of amides is 1. The van der Waals surface area contributed by atoms with Gasteiger partial charge in [-0.1, -0.05) is 12.1 Å². The predicted molar refractivity (Wildman–Crippen MR) is 99.3 cm³/mol. The zero-order valence-electron chi connectivity index (χ0n) is 14.9. The van der Waals surface area contributed by atoms with E-state index in [9.17, 15) is 4.79 Å². The maximum atomic E-state index is 12.3. The van der Waals surface area contributed by atoms with Gasteiger partial charge >= 0.3 is 0 Å². The summed E-state index contributed by atoms with van der Waals surface area (Å²) in [5.41, 5.74) is 10.9. The standard InChI is InChI=1S/C19H23N3O3/c1-12(2)25-17-10-7-15(11-18(17)24-4)19(23)22-21-13(3)14-5-8-16(20)9-6-14/h5-12H,20H2,1-4H3,(H,22,23)/b21-13-. The molecule has 0 fully saturated rings. The lowest BCUT2D eigenvalue weighted by molar-refractivity contribution is 0.0954. The number of hydrogen-bond donors (Lipinski definition) is 2. The quantitative estimate of drug-likeness (QED) is 0.480. The van der Waals surface area contributed by atoms with Crippen LogP contribution in [0.5, 0.6) is 11.5 Å². The zero-order chi connectivity index (χ0) is 18.4. The molecule has 0 aliphatic heterocycles. The molecule has 2 aromatic rings. The van der Waals surface area contributed by atoms with Crippen LogP contribution in [0.1, 0.15) is 36.7 Å². The van der Waals surface area contributed by atoms with Crippen molar-refractivity contribution in [3.8, 4) is 11.5 Å². The summed E-state index contributed by atoms with van der Waals surface area (Å²) < 4.78 is 10.9. The minimum Gasteiger partial charge on any atom is -0.493 e. The Hall–Kier alpha value is -3.02. The van der Waals surface area contributed by atoms with Crippen molar-refractivity contribution in [2.75, 3.05) is 12.8 Å². The van der Waals surface area contributed by atoms with Gasteiger partial charge < -0.3 is 15.2 Å². The fraction of sp³-hybridized carbons (Fsp3) is 0.263. The van der Waals surface area contributed by atoms with E-state index in [1.807, 2.05) is 32.9 Å². The highest BCUT2D eigenvalue weighted by Crippen LogP contribution is 2.28. The summed E-state index contributed by atoms with van der Waals surface area (Å²) in [6, 6.07) is 12.3. The van der Waals surface area contributed by atoms with Crippen molar-refractivity contribution in [2.24, 2.45) is 5.10 Å². The Morgan fingerprint density at radius 2 is 1.72 bits per heavy atom. The van der Waals surface area contributed by atoms with Gasteiger partial charge in [0.1, 0.15) is 0 Å². The number of hydrazone groups is 1. The second kappa shape index (κ2) is 8.19. The van der Waals surface area contributed by atoms with Crippen LogP contribution in [0.15, 0.2) is 47.6 Å². The maximum Gasteiger partial charge on any atom is 0.271 e. The summed E-state index contributed by atoms with van der Waals surface area (Å²) in [5, 5.41) is 4.13. The second-order valence-corrected chi connectivity index (χ2v) is 5.79. The maximum absolute atomic E-state index is 12.3. The van der Waals surface area contributed by atoms with Crippen molar-refractivity contribution < 1.29 is 14.3 Å². The Morgan fingerprint density at radius 3 is 2.32 bits per heavy atom. The van der Waals surface area contributed by atoms with Gasteiger partial charge in [-0.2, -0.15) is 5.10 Å². The minimum atomic E-state index is -0.329. The lowest BCUT2D eigenvalue weighted by atomic mass is 10.1. The first-order valence-electron chi connectivity index (χ1n) is 7.96. The van der Waals surface area contributed by atoms with Crippen LogP contribution >= 0.6 is 0 Å². The number of nitrogen functional groups attached to an aromatic ring is 1. The average Bonchev–Trinajstić information content (AvgIpc) is 2.59.